The van der Waals surface area contributed by atoms with Crippen molar-refractivity contribution in [1.29, 1.82) is 0 Å². The Kier molecular flexibility index (Phi) is 3.61. The summed E-state index contributed by atoms with van der Waals surface area (Å²) in [5, 5.41) is 8.31. The average molecular weight is 238 g/mol. The highest BCUT2D eigenvalue weighted by molar-refractivity contribution is 7.10. The first kappa shape index (κ1) is 11.6. The van der Waals surface area contributed by atoms with Gasteiger partial charge in [0, 0.05) is 4.88 Å². The first-order chi connectivity index (χ1) is 7.68. The second-order valence-electron chi connectivity index (χ2n) is 4.44. The summed E-state index contributed by atoms with van der Waals surface area (Å²) in [6, 6.07) is 2.09. The average Bonchev–Trinajstić information content (AvgIpc) is 2.84. The lowest BCUT2D eigenvalue weighted by Gasteiger charge is -2.15. The summed E-state index contributed by atoms with van der Waals surface area (Å²) in [7, 11) is 0. The zero-order chi connectivity index (χ0) is 11.5. The number of thiophene rings is 1. The maximum atomic E-state index is 11.9. The van der Waals surface area contributed by atoms with Crippen LogP contribution in [-0.2, 0) is 11.3 Å². The number of hydrogen-bond acceptors (Lipinski definition) is 3. The van der Waals surface area contributed by atoms with Gasteiger partial charge < -0.3 is 10.6 Å². The van der Waals surface area contributed by atoms with E-state index >= 15 is 0 Å². The molecule has 2 atom stereocenters. The van der Waals surface area contributed by atoms with E-state index in [0.717, 1.165) is 13.0 Å². The van der Waals surface area contributed by atoms with Gasteiger partial charge in [0.15, 0.2) is 0 Å². The molecule has 2 unspecified atom stereocenters. The standard InChI is InChI=1S/C12H18N2OS/c1-8-4-6-16-10(8)7-14-12(15)11-9(2)3-5-13-11/h4,6,9,11,13H,3,5,7H2,1-2H3,(H,14,15). The summed E-state index contributed by atoms with van der Waals surface area (Å²) in [5.41, 5.74) is 1.26. The number of carbonyl (C=O) groups excluding carboxylic acids is 1. The van der Waals surface area contributed by atoms with Crippen LogP contribution in [0, 0.1) is 12.8 Å². The molecule has 4 heteroatoms. The van der Waals surface area contributed by atoms with Crippen LogP contribution >= 0.6 is 11.3 Å². The minimum Gasteiger partial charge on any atom is -0.350 e. The summed E-state index contributed by atoms with van der Waals surface area (Å²) >= 11 is 1.70. The molecule has 2 N–H and O–H groups in total. The van der Waals surface area contributed by atoms with Gasteiger partial charge >= 0.3 is 0 Å². The van der Waals surface area contributed by atoms with E-state index in [1.807, 2.05) is 0 Å². The number of aryl methyl sites for hydroxylation is 1. The highest BCUT2D eigenvalue weighted by Crippen LogP contribution is 2.17. The van der Waals surface area contributed by atoms with Crippen molar-refractivity contribution in [2.45, 2.75) is 32.9 Å². The molecule has 0 radical (unpaired) electrons. The lowest BCUT2D eigenvalue weighted by Crippen LogP contribution is -2.42. The zero-order valence-corrected chi connectivity index (χ0v) is 10.6. The smallest absolute Gasteiger partial charge is 0.237 e. The molecule has 16 heavy (non-hydrogen) atoms. The van der Waals surface area contributed by atoms with E-state index in [1.165, 1.54) is 10.4 Å². The van der Waals surface area contributed by atoms with Crippen molar-refractivity contribution in [2.75, 3.05) is 6.54 Å². The Bertz CT molecular complexity index is 375. The van der Waals surface area contributed by atoms with Gasteiger partial charge in [0.05, 0.1) is 12.6 Å². The van der Waals surface area contributed by atoms with Crippen molar-refractivity contribution in [2.24, 2.45) is 5.92 Å². The molecular formula is C12H18N2OS. The van der Waals surface area contributed by atoms with E-state index in [4.69, 9.17) is 0 Å². The number of carbonyl (C=O) groups is 1. The Morgan fingerprint density at radius 1 is 1.69 bits per heavy atom. The van der Waals surface area contributed by atoms with E-state index < -0.39 is 0 Å². The van der Waals surface area contributed by atoms with Gasteiger partial charge in [-0.1, -0.05) is 6.92 Å². The molecular weight excluding hydrogens is 220 g/mol. The Morgan fingerprint density at radius 2 is 2.50 bits per heavy atom. The molecule has 3 nitrogen and oxygen atoms in total. The summed E-state index contributed by atoms with van der Waals surface area (Å²) in [4.78, 5) is 13.1. The number of amides is 1. The Labute approximate surface area is 100 Å². The SMILES string of the molecule is Cc1ccsc1CNC(=O)C1NCCC1C. The van der Waals surface area contributed by atoms with Gasteiger partial charge in [-0.2, -0.15) is 0 Å². The fourth-order valence-corrected chi connectivity index (χ4v) is 2.89. The van der Waals surface area contributed by atoms with Gasteiger partial charge in [-0.3, -0.25) is 4.79 Å². The molecule has 1 aromatic heterocycles. The summed E-state index contributed by atoms with van der Waals surface area (Å²) in [5.74, 6) is 0.585. The Morgan fingerprint density at radius 3 is 3.06 bits per heavy atom. The predicted octanol–water partition coefficient (Wildman–Crippen LogP) is 1.67. The Balaban J connectivity index is 1.86. The first-order valence-electron chi connectivity index (χ1n) is 5.72. The number of hydrogen-bond donors (Lipinski definition) is 2. The molecule has 1 amide bonds. The molecule has 1 aromatic rings. The minimum absolute atomic E-state index is 0.000248. The van der Waals surface area contributed by atoms with E-state index in [2.05, 4.69) is 35.9 Å². The molecule has 0 bridgehead atoms. The highest BCUT2D eigenvalue weighted by Gasteiger charge is 2.28. The van der Waals surface area contributed by atoms with Gasteiger partial charge in [0.2, 0.25) is 5.91 Å². The minimum atomic E-state index is 0.000248. The fraction of sp³-hybridized carbons (Fsp3) is 0.583. The molecule has 1 aliphatic heterocycles. The van der Waals surface area contributed by atoms with Gasteiger partial charge in [0.25, 0.3) is 0 Å². The normalized spacial score (nSPS) is 24.6. The van der Waals surface area contributed by atoms with Crippen molar-refractivity contribution in [1.82, 2.24) is 10.6 Å². The van der Waals surface area contributed by atoms with Gasteiger partial charge in [-0.25, -0.2) is 0 Å². The van der Waals surface area contributed by atoms with Crippen LogP contribution in [0.4, 0.5) is 0 Å². The Hall–Kier alpha value is -0.870. The summed E-state index contributed by atoms with van der Waals surface area (Å²) < 4.78 is 0. The maximum absolute atomic E-state index is 11.9. The predicted molar refractivity (Wildman–Crippen MR) is 66.5 cm³/mol. The van der Waals surface area contributed by atoms with Crippen LogP contribution in [0.5, 0.6) is 0 Å². The molecule has 0 spiro atoms. The van der Waals surface area contributed by atoms with Crippen molar-refractivity contribution in [3.05, 3.63) is 21.9 Å². The van der Waals surface area contributed by atoms with E-state index in [1.54, 1.807) is 11.3 Å². The molecule has 1 aliphatic rings. The van der Waals surface area contributed by atoms with Crippen molar-refractivity contribution in [3.8, 4) is 0 Å². The first-order valence-corrected chi connectivity index (χ1v) is 6.60. The lowest BCUT2D eigenvalue weighted by molar-refractivity contribution is -0.123. The highest BCUT2D eigenvalue weighted by atomic mass is 32.1. The lowest BCUT2D eigenvalue weighted by atomic mass is 10.0. The van der Waals surface area contributed by atoms with Crippen molar-refractivity contribution in [3.63, 3.8) is 0 Å². The summed E-state index contributed by atoms with van der Waals surface area (Å²) in [6.45, 7) is 5.82. The van der Waals surface area contributed by atoms with Crippen molar-refractivity contribution < 1.29 is 4.79 Å². The van der Waals surface area contributed by atoms with Gasteiger partial charge in [0.1, 0.15) is 0 Å². The number of nitrogens with one attached hydrogen (secondary N) is 2. The quantitative estimate of drug-likeness (QED) is 0.841. The maximum Gasteiger partial charge on any atom is 0.237 e. The third-order valence-corrected chi connectivity index (χ3v) is 4.23. The fourth-order valence-electron chi connectivity index (χ4n) is 2.05. The van der Waals surface area contributed by atoms with Crippen LogP contribution in [0.25, 0.3) is 0 Å². The molecule has 1 saturated heterocycles. The van der Waals surface area contributed by atoms with E-state index in [-0.39, 0.29) is 11.9 Å². The van der Waals surface area contributed by atoms with E-state index in [9.17, 15) is 4.79 Å². The monoisotopic (exact) mass is 238 g/mol. The van der Waals surface area contributed by atoms with Crippen molar-refractivity contribution >= 4 is 17.2 Å². The van der Waals surface area contributed by atoms with Crippen LogP contribution in [0.1, 0.15) is 23.8 Å². The molecule has 0 aromatic carbocycles. The largest absolute Gasteiger partial charge is 0.350 e. The van der Waals surface area contributed by atoms with Crippen LogP contribution < -0.4 is 10.6 Å². The van der Waals surface area contributed by atoms with Crippen LogP contribution in [0.2, 0.25) is 0 Å². The number of rotatable bonds is 3. The summed E-state index contributed by atoms with van der Waals surface area (Å²) in [6.07, 6.45) is 1.09. The molecule has 2 heterocycles. The third kappa shape index (κ3) is 2.44. The van der Waals surface area contributed by atoms with Gasteiger partial charge in [-0.15, -0.1) is 11.3 Å². The van der Waals surface area contributed by atoms with Gasteiger partial charge in [-0.05, 0) is 42.8 Å². The topological polar surface area (TPSA) is 41.1 Å². The second-order valence-corrected chi connectivity index (χ2v) is 5.44. The third-order valence-electron chi connectivity index (χ3n) is 3.21. The van der Waals surface area contributed by atoms with Crippen LogP contribution in [-0.4, -0.2) is 18.5 Å². The molecule has 1 fully saturated rings. The molecule has 0 saturated carbocycles. The zero-order valence-electron chi connectivity index (χ0n) is 9.75. The molecule has 88 valence electrons. The molecule has 0 aliphatic carbocycles. The second kappa shape index (κ2) is 4.97. The van der Waals surface area contributed by atoms with Crippen LogP contribution in [0.3, 0.4) is 0 Å². The van der Waals surface area contributed by atoms with Crippen LogP contribution in [0.15, 0.2) is 11.4 Å². The van der Waals surface area contributed by atoms with E-state index in [0.29, 0.717) is 12.5 Å². The molecule has 2 rings (SSSR count).